The van der Waals surface area contributed by atoms with Crippen molar-refractivity contribution in [2.75, 3.05) is 86.6 Å². The topological polar surface area (TPSA) is 16.2 Å². The Bertz CT molecular complexity index is 352. The Kier molecular flexibility index (Phi) is 26.0. The van der Waals surface area contributed by atoms with Crippen molar-refractivity contribution in [3.63, 3.8) is 0 Å². The standard InChI is InChI=1S/C9H21N3.2C5H11NS2.Ru/c1-10-4-6-11(2)8-9-12(3)7-5-10;2*1-3-6(4-2)5(7)8;/h4-9H2,1-3H3;2*3-4H2,1-2H3,(H,7,8);/q;;;+3/p-2. The molecule has 0 aromatic rings. The Morgan fingerprint density at radius 3 is 0.862 bits per heavy atom. The van der Waals surface area contributed by atoms with E-state index in [4.69, 9.17) is 49.7 Å². The van der Waals surface area contributed by atoms with E-state index in [2.05, 4.69) is 35.8 Å². The van der Waals surface area contributed by atoms with Crippen LogP contribution in [-0.4, -0.2) is 120 Å². The fraction of sp³-hybridized carbons (Fsp3) is 0.895. The molecule has 0 aliphatic carbocycles. The Morgan fingerprint density at radius 1 is 0.621 bits per heavy atom. The molecule has 0 spiro atoms. The largest absolute Gasteiger partial charge is 3.00 e. The average molecular weight is 569 g/mol. The van der Waals surface area contributed by atoms with Crippen molar-refractivity contribution in [2.45, 2.75) is 27.7 Å². The van der Waals surface area contributed by atoms with Crippen molar-refractivity contribution in [1.29, 1.82) is 0 Å². The minimum absolute atomic E-state index is 0. The van der Waals surface area contributed by atoms with Crippen LogP contribution in [0.3, 0.4) is 0 Å². The second-order valence-corrected chi connectivity index (χ2v) is 8.85. The minimum atomic E-state index is 0. The summed E-state index contributed by atoms with van der Waals surface area (Å²) in [6.45, 7) is 19.1. The Balaban J connectivity index is -0.000000357. The minimum Gasteiger partial charge on any atom is -0.411 e. The summed E-state index contributed by atoms with van der Waals surface area (Å²) >= 11 is 19.0. The average Bonchev–Trinajstić information content (AvgIpc) is 2.71. The molecule has 1 fully saturated rings. The number of hydrogen-bond acceptors (Lipinski definition) is 7. The first-order valence-electron chi connectivity index (χ1n) is 10.1. The van der Waals surface area contributed by atoms with Crippen LogP contribution in [0.2, 0.25) is 0 Å². The molecule has 0 amide bonds. The third kappa shape index (κ3) is 20.4. The van der Waals surface area contributed by atoms with Gasteiger partial charge in [-0.3, -0.25) is 0 Å². The molecule has 1 heterocycles. The van der Waals surface area contributed by atoms with Crippen LogP contribution in [0.4, 0.5) is 0 Å². The number of thiocarbonyl (C=S) groups is 2. The first-order chi connectivity index (χ1) is 13.1. The van der Waals surface area contributed by atoms with Crippen LogP contribution in [0, 0.1) is 0 Å². The first-order valence-corrected chi connectivity index (χ1v) is 11.7. The molecular formula is C19H41N5RuS4+. The van der Waals surface area contributed by atoms with E-state index in [0.29, 0.717) is 8.64 Å². The van der Waals surface area contributed by atoms with Crippen LogP contribution in [0.15, 0.2) is 0 Å². The third-order valence-electron chi connectivity index (χ3n) is 4.63. The zero-order valence-corrected chi connectivity index (χ0v) is 24.3. The van der Waals surface area contributed by atoms with Crippen molar-refractivity contribution >= 4 is 58.3 Å². The van der Waals surface area contributed by atoms with Gasteiger partial charge in [-0.15, -0.1) is 0 Å². The van der Waals surface area contributed by atoms with E-state index in [1.54, 1.807) is 0 Å². The van der Waals surface area contributed by atoms with Gasteiger partial charge in [0.15, 0.2) is 0 Å². The van der Waals surface area contributed by atoms with Gasteiger partial charge in [0.2, 0.25) is 0 Å². The second kappa shape index (κ2) is 21.9. The van der Waals surface area contributed by atoms with Crippen LogP contribution in [0.5, 0.6) is 0 Å². The predicted molar refractivity (Wildman–Crippen MR) is 138 cm³/mol. The van der Waals surface area contributed by atoms with Gasteiger partial charge in [-0.05, 0) is 48.8 Å². The summed E-state index contributed by atoms with van der Waals surface area (Å²) < 4.78 is 1.16. The molecule has 0 saturated carbocycles. The summed E-state index contributed by atoms with van der Waals surface area (Å²) in [6, 6.07) is 0. The number of likely N-dealkylation sites (N-methyl/N-ethyl adjacent to an activating group) is 3. The Labute approximate surface area is 215 Å². The summed E-state index contributed by atoms with van der Waals surface area (Å²) in [4.78, 5) is 11.1. The maximum Gasteiger partial charge on any atom is 3.00 e. The Hall–Kier alpha value is 0.723. The van der Waals surface area contributed by atoms with Crippen LogP contribution in [-0.2, 0) is 44.7 Å². The van der Waals surface area contributed by atoms with Gasteiger partial charge in [-0.1, -0.05) is 8.64 Å². The molecule has 10 heteroatoms. The van der Waals surface area contributed by atoms with Crippen LogP contribution in [0.1, 0.15) is 27.7 Å². The summed E-state index contributed by atoms with van der Waals surface area (Å²) in [5.41, 5.74) is 0. The summed E-state index contributed by atoms with van der Waals surface area (Å²) in [5, 5.41) is 0. The van der Waals surface area contributed by atoms with Crippen molar-refractivity contribution in [1.82, 2.24) is 24.5 Å². The monoisotopic (exact) mass is 569 g/mol. The van der Waals surface area contributed by atoms with Crippen LogP contribution in [0.25, 0.3) is 0 Å². The number of nitrogens with zero attached hydrogens (tertiary/aromatic N) is 5. The molecule has 1 aliphatic rings. The number of rotatable bonds is 4. The second-order valence-electron chi connectivity index (χ2n) is 6.79. The van der Waals surface area contributed by atoms with E-state index in [1.165, 1.54) is 39.3 Å². The van der Waals surface area contributed by atoms with E-state index < -0.39 is 0 Å². The third-order valence-corrected chi connectivity index (χ3v) is 5.67. The molecule has 5 nitrogen and oxygen atoms in total. The smallest absolute Gasteiger partial charge is 0.411 e. The normalized spacial score (nSPS) is 15.7. The first kappa shape index (κ1) is 34.3. The van der Waals surface area contributed by atoms with Gasteiger partial charge in [-0.2, -0.15) is 0 Å². The molecular weight excluding hydrogens is 528 g/mol. The zero-order valence-electron chi connectivity index (χ0n) is 19.3. The zero-order chi connectivity index (χ0) is 22.1. The molecule has 0 atom stereocenters. The molecule has 1 saturated heterocycles. The van der Waals surface area contributed by atoms with E-state index >= 15 is 0 Å². The van der Waals surface area contributed by atoms with E-state index in [0.717, 1.165) is 26.2 Å². The maximum absolute atomic E-state index is 4.76. The summed E-state index contributed by atoms with van der Waals surface area (Å²) in [5.74, 6) is 0. The van der Waals surface area contributed by atoms with Crippen LogP contribution >= 0.6 is 24.4 Å². The fourth-order valence-corrected chi connectivity index (χ4v) is 3.36. The predicted octanol–water partition coefficient (Wildman–Crippen LogP) is 2.11. The molecule has 0 aromatic carbocycles. The van der Waals surface area contributed by atoms with Crippen molar-refractivity contribution in [3.05, 3.63) is 0 Å². The molecule has 0 bridgehead atoms. The molecule has 1 aliphatic heterocycles. The van der Waals surface area contributed by atoms with Gasteiger partial charge in [0.05, 0.1) is 0 Å². The summed E-state index contributed by atoms with van der Waals surface area (Å²) in [7, 11) is 6.60. The molecule has 173 valence electrons. The van der Waals surface area contributed by atoms with E-state index in [-0.39, 0.29) is 19.5 Å². The summed E-state index contributed by atoms with van der Waals surface area (Å²) in [6.07, 6.45) is 0. The van der Waals surface area contributed by atoms with Gasteiger partial charge in [0.25, 0.3) is 0 Å². The number of hydrogen-bond donors (Lipinski definition) is 0. The molecule has 1 radical (unpaired) electrons. The van der Waals surface area contributed by atoms with Gasteiger partial charge < -0.3 is 74.2 Å². The molecule has 0 N–H and O–H groups in total. The van der Waals surface area contributed by atoms with Crippen molar-refractivity contribution in [3.8, 4) is 0 Å². The SMILES string of the molecule is CCN(CC)C(=S)[S-].CCN(CC)C(=S)[S-].CN1CCN(C)CCN(C)CC1.[Ru+3]. The molecule has 1 rings (SSSR count). The fourth-order valence-electron chi connectivity index (χ4n) is 2.32. The molecule has 29 heavy (non-hydrogen) atoms. The van der Waals surface area contributed by atoms with Gasteiger partial charge in [0, 0.05) is 65.4 Å². The van der Waals surface area contributed by atoms with Gasteiger partial charge in [-0.25, -0.2) is 0 Å². The van der Waals surface area contributed by atoms with E-state index in [9.17, 15) is 0 Å². The van der Waals surface area contributed by atoms with Crippen molar-refractivity contribution in [2.24, 2.45) is 0 Å². The Morgan fingerprint density at radius 2 is 0.793 bits per heavy atom. The van der Waals surface area contributed by atoms with Gasteiger partial charge in [0.1, 0.15) is 0 Å². The van der Waals surface area contributed by atoms with Crippen molar-refractivity contribution < 1.29 is 19.5 Å². The van der Waals surface area contributed by atoms with Crippen LogP contribution < -0.4 is 0 Å². The van der Waals surface area contributed by atoms with E-state index in [1.807, 2.05) is 37.5 Å². The van der Waals surface area contributed by atoms with Gasteiger partial charge >= 0.3 is 19.5 Å². The molecule has 0 unspecified atom stereocenters. The quantitative estimate of drug-likeness (QED) is 0.286. The maximum atomic E-state index is 4.76. The molecule has 0 aromatic heterocycles.